The molecule has 0 heterocycles. The van der Waals surface area contributed by atoms with Gasteiger partial charge in [-0.2, -0.15) is 0 Å². The Balaban J connectivity index is 2.78. The maximum atomic E-state index is 5.46. The summed E-state index contributed by atoms with van der Waals surface area (Å²) < 4.78 is 0. The average molecular weight is 224 g/mol. The number of rotatable bonds is 1. The molecular weight excluding hydrogens is 214 g/mol. The molecule has 0 aliphatic carbocycles. The number of halogens is 1. The third-order valence-corrected chi connectivity index (χ3v) is 1.77. The predicted octanol–water partition coefficient (Wildman–Crippen LogP) is 1.89. The van der Waals surface area contributed by atoms with Crippen LogP contribution in [0.4, 0.5) is 0 Å². The number of hydrogen-bond donors (Lipinski definition) is 1. The summed E-state index contributed by atoms with van der Waals surface area (Å²) in [7, 11) is 0. The lowest BCUT2D eigenvalue weighted by Crippen LogP contribution is -1.95. The highest BCUT2D eigenvalue weighted by atomic mass is 79.9. The van der Waals surface area contributed by atoms with Gasteiger partial charge in [0.25, 0.3) is 0 Å². The third-order valence-electron chi connectivity index (χ3n) is 1.49. The van der Waals surface area contributed by atoms with Gasteiger partial charge in [-0.05, 0) is 17.7 Å². The van der Waals surface area contributed by atoms with Crippen LogP contribution in [0.3, 0.4) is 0 Å². The van der Waals surface area contributed by atoms with E-state index >= 15 is 0 Å². The van der Waals surface area contributed by atoms with Crippen LogP contribution in [0.25, 0.3) is 0 Å². The first kappa shape index (κ1) is 9.31. The molecule has 0 aromatic heterocycles. The third kappa shape index (κ3) is 2.69. The standard InChI is InChI=1S/C10H10BrN/c11-7-1-2-9-3-5-10(8-12)6-4-9/h3-6H,7-8,12H2. The fourth-order valence-electron chi connectivity index (χ4n) is 0.860. The first-order valence-electron chi connectivity index (χ1n) is 3.70. The van der Waals surface area contributed by atoms with Crippen LogP contribution in [0.5, 0.6) is 0 Å². The van der Waals surface area contributed by atoms with Crippen LogP contribution in [0, 0.1) is 11.8 Å². The zero-order chi connectivity index (χ0) is 8.81. The van der Waals surface area contributed by atoms with Gasteiger partial charge in [0.2, 0.25) is 0 Å². The average Bonchev–Trinajstić information content (AvgIpc) is 2.15. The van der Waals surface area contributed by atoms with Crippen molar-refractivity contribution < 1.29 is 0 Å². The highest BCUT2D eigenvalue weighted by molar-refractivity contribution is 9.09. The minimum atomic E-state index is 0.589. The number of nitrogens with two attached hydrogens (primary N) is 1. The van der Waals surface area contributed by atoms with Crippen LogP contribution in [0.2, 0.25) is 0 Å². The Bertz CT molecular complexity index is 292. The second kappa shape index (κ2) is 4.97. The Labute approximate surface area is 81.1 Å². The first-order chi connectivity index (χ1) is 5.86. The topological polar surface area (TPSA) is 26.0 Å². The largest absolute Gasteiger partial charge is 0.326 e. The molecule has 0 radical (unpaired) electrons. The Morgan fingerprint density at radius 2 is 1.92 bits per heavy atom. The zero-order valence-corrected chi connectivity index (χ0v) is 8.26. The summed E-state index contributed by atoms with van der Waals surface area (Å²) in [4.78, 5) is 0. The number of alkyl halides is 1. The minimum Gasteiger partial charge on any atom is -0.326 e. The summed E-state index contributed by atoms with van der Waals surface area (Å²) in [6.07, 6.45) is 0. The van der Waals surface area contributed by atoms with E-state index in [9.17, 15) is 0 Å². The summed E-state index contributed by atoms with van der Waals surface area (Å²) >= 11 is 3.24. The van der Waals surface area contributed by atoms with Crippen molar-refractivity contribution in [2.45, 2.75) is 6.54 Å². The molecule has 2 heteroatoms. The van der Waals surface area contributed by atoms with Crippen molar-refractivity contribution in [1.82, 2.24) is 0 Å². The molecule has 1 nitrogen and oxygen atoms in total. The van der Waals surface area contributed by atoms with Crippen molar-refractivity contribution in [2.24, 2.45) is 5.73 Å². The molecule has 12 heavy (non-hydrogen) atoms. The van der Waals surface area contributed by atoms with Gasteiger partial charge in [0.05, 0.1) is 5.33 Å². The van der Waals surface area contributed by atoms with Crippen molar-refractivity contribution in [2.75, 3.05) is 5.33 Å². The Kier molecular flexibility index (Phi) is 3.86. The van der Waals surface area contributed by atoms with Crippen molar-refractivity contribution in [1.29, 1.82) is 0 Å². The molecule has 0 unspecified atom stereocenters. The van der Waals surface area contributed by atoms with E-state index in [0.29, 0.717) is 11.9 Å². The molecule has 0 fully saturated rings. The normalized spacial score (nSPS) is 8.83. The van der Waals surface area contributed by atoms with E-state index < -0.39 is 0 Å². The molecule has 1 aromatic rings. The van der Waals surface area contributed by atoms with E-state index in [2.05, 4.69) is 27.8 Å². The van der Waals surface area contributed by atoms with E-state index in [1.54, 1.807) is 0 Å². The number of benzene rings is 1. The van der Waals surface area contributed by atoms with Crippen LogP contribution in [0.15, 0.2) is 24.3 Å². The summed E-state index contributed by atoms with van der Waals surface area (Å²) in [6, 6.07) is 7.96. The van der Waals surface area contributed by atoms with Gasteiger partial charge in [0, 0.05) is 12.1 Å². The summed E-state index contributed by atoms with van der Waals surface area (Å²) in [6.45, 7) is 0.589. The van der Waals surface area contributed by atoms with Gasteiger partial charge in [-0.3, -0.25) is 0 Å². The van der Waals surface area contributed by atoms with Gasteiger partial charge in [0.1, 0.15) is 0 Å². The Morgan fingerprint density at radius 3 is 2.42 bits per heavy atom. The minimum absolute atomic E-state index is 0.589. The van der Waals surface area contributed by atoms with Crippen molar-refractivity contribution in [3.63, 3.8) is 0 Å². The van der Waals surface area contributed by atoms with Gasteiger partial charge in [-0.25, -0.2) is 0 Å². The van der Waals surface area contributed by atoms with E-state index in [1.165, 1.54) is 0 Å². The van der Waals surface area contributed by atoms with E-state index in [0.717, 1.165) is 11.1 Å². The monoisotopic (exact) mass is 223 g/mol. The van der Waals surface area contributed by atoms with Gasteiger partial charge >= 0.3 is 0 Å². The molecule has 0 aliphatic rings. The highest BCUT2D eigenvalue weighted by Crippen LogP contribution is 2.01. The van der Waals surface area contributed by atoms with Crippen LogP contribution in [0.1, 0.15) is 11.1 Å². The van der Waals surface area contributed by atoms with E-state index in [1.807, 2.05) is 24.3 Å². The highest BCUT2D eigenvalue weighted by Gasteiger charge is 1.87. The Morgan fingerprint density at radius 1 is 1.25 bits per heavy atom. The lowest BCUT2D eigenvalue weighted by atomic mass is 10.1. The second-order valence-corrected chi connectivity index (χ2v) is 2.90. The SMILES string of the molecule is NCc1ccc(C#CCBr)cc1. The van der Waals surface area contributed by atoms with Crippen molar-refractivity contribution in [3.8, 4) is 11.8 Å². The molecule has 1 aromatic carbocycles. The molecular formula is C10H10BrN. The van der Waals surface area contributed by atoms with Crippen LogP contribution in [-0.2, 0) is 6.54 Å². The number of hydrogen-bond acceptors (Lipinski definition) is 1. The molecule has 0 saturated carbocycles. The quantitative estimate of drug-likeness (QED) is 0.572. The summed E-state index contributed by atoms with van der Waals surface area (Å²) in [5.41, 5.74) is 7.63. The smallest absolute Gasteiger partial charge is 0.0649 e. The fourth-order valence-corrected chi connectivity index (χ4v) is 1.000. The van der Waals surface area contributed by atoms with Gasteiger partial charge < -0.3 is 5.73 Å². The van der Waals surface area contributed by atoms with Gasteiger partial charge in [0.15, 0.2) is 0 Å². The molecule has 1 rings (SSSR count). The summed E-state index contributed by atoms with van der Waals surface area (Å²) in [5, 5.41) is 0.714. The fraction of sp³-hybridized carbons (Fsp3) is 0.200. The van der Waals surface area contributed by atoms with E-state index in [4.69, 9.17) is 5.73 Å². The maximum absolute atomic E-state index is 5.46. The van der Waals surface area contributed by atoms with Crippen molar-refractivity contribution in [3.05, 3.63) is 35.4 Å². The first-order valence-corrected chi connectivity index (χ1v) is 4.83. The molecule has 0 spiro atoms. The van der Waals surface area contributed by atoms with Crippen LogP contribution < -0.4 is 5.73 Å². The van der Waals surface area contributed by atoms with E-state index in [-0.39, 0.29) is 0 Å². The van der Waals surface area contributed by atoms with Gasteiger partial charge in [-0.1, -0.05) is 39.9 Å². The molecule has 0 aliphatic heterocycles. The Hall–Kier alpha value is -0.780. The molecule has 0 amide bonds. The van der Waals surface area contributed by atoms with Crippen LogP contribution >= 0.6 is 15.9 Å². The molecule has 0 saturated heterocycles. The molecule has 62 valence electrons. The van der Waals surface area contributed by atoms with Gasteiger partial charge in [-0.15, -0.1) is 0 Å². The second-order valence-electron chi connectivity index (χ2n) is 2.34. The lowest BCUT2D eigenvalue weighted by Gasteiger charge is -1.94. The maximum Gasteiger partial charge on any atom is 0.0649 e. The van der Waals surface area contributed by atoms with Crippen molar-refractivity contribution >= 4 is 15.9 Å². The summed E-state index contributed by atoms with van der Waals surface area (Å²) in [5.74, 6) is 5.95. The zero-order valence-electron chi connectivity index (χ0n) is 6.68. The lowest BCUT2D eigenvalue weighted by molar-refractivity contribution is 1.07. The van der Waals surface area contributed by atoms with Crippen LogP contribution in [-0.4, -0.2) is 5.33 Å². The molecule has 0 bridgehead atoms. The molecule has 0 atom stereocenters. The predicted molar refractivity (Wildman–Crippen MR) is 55.0 cm³/mol. The molecule has 2 N–H and O–H groups in total.